The van der Waals surface area contributed by atoms with Crippen LogP contribution in [0.5, 0.6) is 5.75 Å². The van der Waals surface area contributed by atoms with Gasteiger partial charge in [0.05, 0.1) is 11.1 Å². The molecule has 0 saturated heterocycles. The van der Waals surface area contributed by atoms with Crippen LogP contribution in [0.1, 0.15) is 30.1 Å². The molecule has 0 unspecified atom stereocenters. The van der Waals surface area contributed by atoms with Gasteiger partial charge in [0.25, 0.3) is 0 Å². The zero-order chi connectivity index (χ0) is 20.6. The largest absolute Gasteiger partial charge is 0.491 e. The molecule has 0 radical (unpaired) electrons. The molecule has 5 nitrogen and oxygen atoms in total. The third-order valence-electron chi connectivity index (χ3n) is 3.70. The number of nitrogens with one attached hydrogen (secondary N) is 2. The van der Waals surface area contributed by atoms with Gasteiger partial charge >= 0.3 is 6.18 Å². The highest BCUT2D eigenvalue weighted by molar-refractivity contribution is 7.09. The van der Waals surface area contributed by atoms with E-state index in [1.165, 1.54) is 5.56 Å². The molecule has 0 atom stereocenters. The number of ether oxygens (including phenoxy) is 1. The number of thiazole rings is 1. The monoisotopic (exact) mass is 414 g/mol. The van der Waals surface area contributed by atoms with E-state index in [1.54, 1.807) is 7.05 Å². The summed E-state index contributed by atoms with van der Waals surface area (Å²) in [5.41, 5.74) is 0.335. The van der Waals surface area contributed by atoms with Crippen molar-refractivity contribution in [2.24, 2.45) is 4.99 Å². The summed E-state index contributed by atoms with van der Waals surface area (Å²) in [6, 6.07) is 7.95. The lowest BCUT2D eigenvalue weighted by Crippen LogP contribution is -2.39. The fraction of sp³-hybridized carbons (Fsp3) is 0.474. The minimum absolute atomic E-state index is 0.145. The summed E-state index contributed by atoms with van der Waals surface area (Å²) in [5.74, 6) is 1.45. The van der Waals surface area contributed by atoms with E-state index in [1.807, 2.05) is 38.1 Å². The van der Waals surface area contributed by atoms with Gasteiger partial charge in [-0.2, -0.15) is 13.2 Å². The van der Waals surface area contributed by atoms with Gasteiger partial charge in [0.1, 0.15) is 5.75 Å². The molecule has 0 spiro atoms. The Hall–Kier alpha value is -2.29. The van der Waals surface area contributed by atoms with Crippen LogP contribution in [0.4, 0.5) is 13.2 Å². The Labute approximate surface area is 167 Å². The van der Waals surface area contributed by atoms with Crippen molar-refractivity contribution in [3.05, 3.63) is 45.9 Å². The third-order valence-corrected chi connectivity index (χ3v) is 4.61. The van der Waals surface area contributed by atoms with E-state index in [9.17, 15) is 13.2 Å². The lowest BCUT2D eigenvalue weighted by Gasteiger charge is -2.12. The van der Waals surface area contributed by atoms with Crippen LogP contribution in [0.25, 0.3) is 0 Å². The van der Waals surface area contributed by atoms with E-state index in [0.717, 1.165) is 28.9 Å². The second-order valence-corrected chi connectivity index (χ2v) is 7.30. The molecule has 154 valence electrons. The molecule has 9 heteroatoms. The van der Waals surface area contributed by atoms with Crippen LogP contribution in [0, 0.1) is 0 Å². The van der Waals surface area contributed by atoms with E-state index in [4.69, 9.17) is 4.74 Å². The molecule has 0 aliphatic rings. The summed E-state index contributed by atoms with van der Waals surface area (Å²) in [6.07, 6.45) is -3.03. The zero-order valence-corrected chi connectivity index (χ0v) is 17.0. The van der Waals surface area contributed by atoms with Crippen molar-refractivity contribution in [3.8, 4) is 5.75 Å². The zero-order valence-electron chi connectivity index (χ0n) is 16.1. The number of halogens is 3. The molecular formula is C19H25F3N4OS. The number of aromatic nitrogens is 1. The van der Waals surface area contributed by atoms with Crippen LogP contribution in [-0.2, 0) is 19.0 Å². The van der Waals surface area contributed by atoms with Crippen molar-refractivity contribution in [1.29, 1.82) is 0 Å². The Morgan fingerprint density at radius 2 is 1.79 bits per heavy atom. The molecule has 0 amide bonds. The summed E-state index contributed by atoms with van der Waals surface area (Å²) in [6.45, 7) is 5.10. The molecule has 1 aromatic heterocycles. The SMILES string of the molecule is CN=C(NCCc1ccc(OC(C)C)cc1)NCCc1nc(C(F)(F)F)cs1. The Morgan fingerprint density at radius 3 is 2.32 bits per heavy atom. The summed E-state index contributed by atoms with van der Waals surface area (Å²) < 4.78 is 43.3. The van der Waals surface area contributed by atoms with Gasteiger partial charge in [-0.3, -0.25) is 4.99 Å². The number of hydrogen-bond donors (Lipinski definition) is 2. The van der Waals surface area contributed by atoms with Crippen molar-refractivity contribution in [3.63, 3.8) is 0 Å². The van der Waals surface area contributed by atoms with E-state index in [2.05, 4.69) is 20.6 Å². The number of rotatable bonds is 8. The summed E-state index contributed by atoms with van der Waals surface area (Å²) in [5, 5.41) is 7.76. The van der Waals surface area contributed by atoms with Crippen LogP contribution < -0.4 is 15.4 Å². The Morgan fingerprint density at radius 1 is 1.14 bits per heavy atom. The number of hydrogen-bond acceptors (Lipinski definition) is 4. The summed E-state index contributed by atoms with van der Waals surface area (Å²) >= 11 is 1.01. The van der Waals surface area contributed by atoms with Gasteiger partial charge in [0, 0.05) is 31.9 Å². The number of nitrogens with zero attached hydrogens (tertiary/aromatic N) is 2. The van der Waals surface area contributed by atoms with Gasteiger partial charge in [-0.1, -0.05) is 12.1 Å². The average molecular weight is 414 g/mol. The smallest absolute Gasteiger partial charge is 0.434 e. The highest BCUT2D eigenvalue weighted by Crippen LogP contribution is 2.29. The number of alkyl halides is 3. The normalized spacial score (nSPS) is 12.3. The third kappa shape index (κ3) is 7.38. The van der Waals surface area contributed by atoms with Crippen LogP contribution in [0.15, 0.2) is 34.6 Å². The van der Waals surface area contributed by atoms with Crippen molar-refractivity contribution >= 4 is 17.3 Å². The van der Waals surface area contributed by atoms with E-state index >= 15 is 0 Å². The maximum Gasteiger partial charge on any atom is 0.434 e. The number of guanidine groups is 1. The molecule has 2 rings (SSSR count). The van der Waals surface area contributed by atoms with E-state index in [-0.39, 0.29) is 6.10 Å². The maximum atomic E-state index is 12.6. The van der Waals surface area contributed by atoms with Crippen molar-refractivity contribution in [2.45, 2.75) is 39.0 Å². The average Bonchev–Trinajstić information content (AvgIpc) is 3.11. The molecule has 2 N–H and O–H groups in total. The first-order chi connectivity index (χ1) is 13.3. The van der Waals surface area contributed by atoms with E-state index in [0.29, 0.717) is 30.5 Å². The predicted octanol–water partition coefficient (Wildman–Crippen LogP) is 3.90. The minimum atomic E-state index is -4.39. The fourth-order valence-corrected chi connectivity index (χ4v) is 3.20. The molecular weight excluding hydrogens is 389 g/mol. The Balaban J connectivity index is 1.70. The second kappa shape index (κ2) is 10.3. The molecule has 0 saturated carbocycles. The molecule has 0 fully saturated rings. The van der Waals surface area contributed by atoms with Gasteiger partial charge in [-0.25, -0.2) is 4.98 Å². The molecule has 2 aromatic rings. The molecule has 28 heavy (non-hydrogen) atoms. The lowest BCUT2D eigenvalue weighted by atomic mass is 10.1. The molecule has 0 bridgehead atoms. The number of aliphatic imine (C=N–C) groups is 1. The van der Waals surface area contributed by atoms with Gasteiger partial charge in [0.15, 0.2) is 11.7 Å². The Kier molecular flexibility index (Phi) is 8.10. The first-order valence-electron chi connectivity index (χ1n) is 8.99. The number of benzene rings is 1. The predicted molar refractivity (Wildman–Crippen MR) is 106 cm³/mol. The van der Waals surface area contributed by atoms with Crippen molar-refractivity contribution in [2.75, 3.05) is 20.1 Å². The minimum Gasteiger partial charge on any atom is -0.491 e. The van der Waals surface area contributed by atoms with Gasteiger partial charge in [-0.05, 0) is 38.0 Å². The van der Waals surface area contributed by atoms with Crippen LogP contribution in [-0.4, -0.2) is 37.2 Å². The maximum absolute atomic E-state index is 12.6. The van der Waals surface area contributed by atoms with Gasteiger partial charge in [0.2, 0.25) is 0 Å². The van der Waals surface area contributed by atoms with Crippen LogP contribution in [0.3, 0.4) is 0 Å². The first kappa shape index (κ1) is 22.0. The van der Waals surface area contributed by atoms with Crippen LogP contribution >= 0.6 is 11.3 Å². The van der Waals surface area contributed by atoms with E-state index < -0.39 is 11.9 Å². The Bertz CT molecular complexity index is 757. The topological polar surface area (TPSA) is 58.5 Å². The highest BCUT2D eigenvalue weighted by Gasteiger charge is 2.33. The second-order valence-electron chi connectivity index (χ2n) is 6.36. The lowest BCUT2D eigenvalue weighted by molar-refractivity contribution is -0.140. The van der Waals surface area contributed by atoms with Gasteiger partial charge in [-0.15, -0.1) is 11.3 Å². The van der Waals surface area contributed by atoms with Crippen molar-refractivity contribution < 1.29 is 17.9 Å². The van der Waals surface area contributed by atoms with Gasteiger partial charge < -0.3 is 15.4 Å². The summed E-state index contributed by atoms with van der Waals surface area (Å²) in [4.78, 5) is 7.73. The van der Waals surface area contributed by atoms with Crippen LogP contribution in [0.2, 0.25) is 0 Å². The quantitative estimate of drug-likeness (QED) is 0.508. The van der Waals surface area contributed by atoms with Crippen molar-refractivity contribution in [1.82, 2.24) is 15.6 Å². The summed E-state index contributed by atoms with van der Waals surface area (Å²) in [7, 11) is 1.65. The molecule has 1 heterocycles. The molecule has 0 aliphatic heterocycles. The fourth-order valence-electron chi connectivity index (χ4n) is 2.40. The highest BCUT2D eigenvalue weighted by atomic mass is 32.1. The molecule has 1 aromatic carbocycles. The first-order valence-corrected chi connectivity index (χ1v) is 9.87. The standard InChI is InChI=1S/C19H25F3N4OS/c1-13(2)27-15-6-4-14(5-7-15)8-10-24-18(23-3)25-11-9-17-26-16(12-28-17)19(20,21)22/h4-7,12-13H,8-11H2,1-3H3,(H2,23,24,25). The molecule has 0 aliphatic carbocycles.